The molecule has 0 unspecified atom stereocenters. The van der Waals surface area contributed by atoms with Crippen molar-refractivity contribution < 1.29 is 9.45 Å². The topological polar surface area (TPSA) is 166 Å². The minimum atomic E-state index is -0.582. The van der Waals surface area contributed by atoms with Crippen molar-refractivity contribution in [1.29, 1.82) is 0 Å². The predicted molar refractivity (Wildman–Crippen MR) is 123 cm³/mol. The largest absolute Gasteiger partial charge is 0.383 e. The lowest BCUT2D eigenvalue weighted by Gasteiger charge is -2.26. The van der Waals surface area contributed by atoms with Gasteiger partial charge in [-0.3, -0.25) is 24.5 Å². The number of H-pyrrole nitrogens is 1. The van der Waals surface area contributed by atoms with Crippen LogP contribution in [0.5, 0.6) is 0 Å². The molecule has 0 atom stereocenters. The van der Waals surface area contributed by atoms with Gasteiger partial charge in [0, 0.05) is 30.8 Å². The molecule has 0 amide bonds. The lowest BCUT2D eigenvalue weighted by molar-refractivity contribution is -0.384. The molecule has 33 heavy (non-hydrogen) atoms. The van der Waals surface area contributed by atoms with Gasteiger partial charge in [0.25, 0.3) is 11.2 Å². The first-order valence-corrected chi connectivity index (χ1v) is 10.7. The van der Waals surface area contributed by atoms with Crippen molar-refractivity contribution >= 4 is 17.2 Å². The van der Waals surface area contributed by atoms with Gasteiger partial charge in [0.2, 0.25) is 11.7 Å². The molecule has 0 spiro atoms. The summed E-state index contributed by atoms with van der Waals surface area (Å²) < 4.78 is 6.74. The van der Waals surface area contributed by atoms with E-state index in [1.165, 1.54) is 28.8 Å². The van der Waals surface area contributed by atoms with Gasteiger partial charge in [-0.2, -0.15) is 4.98 Å². The zero-order valence-electron chi connectivity index (χ0n) is 18.8. The van der Waals surface area contributed by atoms with Crippen LogP contribution in [0.3, 0.4) is 0 Å². The molecule has 0 aliphatic carbocycles. The number of non-ortho nitro benzene ring substituents is 1. The molecule has 3 rings (SSSR count). The number of nitrogens with two attached hydrogens (primary N) is 1. The molecule has 3 aromatic rings. The number of nitrogens with zero attached hydrogens (tertiary/aromatic N) is 5. The van der Waals surface area contributed by atoms with E-state index in [9.17, 15) is 19.7 Å². The van der Waals surface area contributed by atoms with Gasteiger partial charge >= 0.3 is 5.69 Å². The highest BCUT2D eigenvalue weighted by Gasteiger charge is 2.22. The van der Waals surface area contributed by atoms with Gasteiger partial charge in [0.05, 0.1) is 11.5 Å². The van der Waals surface area contributed by atoms with E-state index >= 15 is 0 Å². The van der Waals surface area contributed by atoms with E-state index < -0.39 is 16.2 Å². The number of nitro benzene ring substituents is 1. The molecule has 2 aromatic heterocycles. The average molecular weight is 457 g/mol. The first kappa shape index (κ1) is 23.7. The Balaban J connectivity index is 1.94. The monoisotopic (exact) mass is 457 g/mol. The summed E-state index contributed by atoms with van der Waals surface area (Å²) in [7, 11) is 0. The number of benzene rings is 1. The first-order chi connectivity index (χ1) is 15.7. The number of nitrogens with one attached hydrogen (secondary N) is 1. The van der Waals surface area contributed by atoms with Crippen molar-refractivity contribution in [1.82, 2.24) is 19.7 Å². The molecule has 0 aliphatic heterocycles. The van der Waals surface area contributed by atoms with E-state index in [0.29, 0.717) is 18.7 Å². The Hall–Kier alpha value is -3.96. The zero-order chi connectivity index (χ0) is 24.1. The molecule has 2 heterocycles. The zero-order valence-corrected chi connectivity index (χ0v) is 18.8. The van der Waals surface area contributed by atoms with E-state index in [2.05, 4.69) is 15.1 Å². The maximum absolute atomic E-state index is 12.7. The van der Waals surface area contributed by atoms with Crippen molar-refractivity contribution in [3.05, 3.63) is 61.1 Å². The number of nitro groups is 1. The number of rotatable bonds is 10. The van der Waals surface area contributed by atoms with Crippen LogP contribution in [0.2, 0.25) is 0 Å². The van der Waals surface area contributed by atoms with Gasteiger partial charge in [-0.1, -0.05) is 32.3 Å². The lowest BCUT2D eigenvalue weighted by atomic mass is 10.2. The molecule has 1 aromatic carbocycles. The van der Waals surface area contributed by atoms with Gasteiger partial charge in [-0.25, -0.2) is 4.79 Å². The summed E-state index contributed by atoms with van der Waals surface area (Å²) in [6.45, 7) is 6.91. The van der Waals surface area contributed by atoms with Gasteiger partial charge in [-0.05, 0) is 24.5 Å². The molecular formula is C21H27N7O5. The molecule has 0 bridgehead atoms. The molecule has 0 saturated carbocycles. The second kappa shape index (κ2) is 10.1. The van der Waals surface area contributed by atoms with Gasteiger partial charge < -0.3 is 15.2 Å². The molecule has 0 aliphatic rings. The van der Waals surface area contributed by atoms with Gasteiger partial charge in [-0.15, -0.1) is 0 Å². The number of hydrogen-bond donors (Lipinski definition) is 2. The number of hydrogen-bond acceptors (Lipinski definition) is 9. The molecule has 0 fully saturated rings. The average Bonchev–Trinajstić information content (AvgIpc) is 3.21. The fourth-order valence-electron chi connectivity index (χ4n) is 3.43. The van der Waals surface area contributed by atoms with Crippen molar-refractivity contribution in [2.45, 2.75) is 46.7 Å². The second-order valence-electron chi connectivity index (χ2n) is 8.09. The fourth-order valence-corrected chi connectivity index (χ4v) is 3.43. The van der Waals surface area contributed by atoms with E-state index in [4.69, 9.17) is 10.3 Å². The molecular weight excluding hydrogens is 430 g/mol. The van der Waals surface area contributed by atoms with E-state index in [0.717, 1.165) is 12.8 Å². The number of anilines is 2. The summed E-state index contributed by atoms with van der Waals surface area (Å²) in [5, 5.41) is 14.8. The number of unbranched alkanes of at least 4 members (excludes halogenated alkanes) is 1. The normalized spacial score (nSPS) is 11.2. The number of aromatic nitrogens is 4. The van der Waals surface area contributed by atoms with Crippen LogP contribution in [0.15, 0.2) is 38.4 Å². The fraction of sp³-hybridized carbons (Fsp3) is 0.429. The van der Waals surface area contributed by atoms with Crippen molar-refractivity contribution in [2.75, 3.05) is 17.2 Å². The SMILES string of the molecule is CCCCn1c(N)c(N(Cc2nc(-c3ccc([N+](=O)[O-])cc3)no2)CC(C)C)c(=O)[nH]c1=O. The van der Waals surface area contributed by atoms with Crippen LogP contribution >= 0.6 is 0 Å². The standard InChI is InChI=1S/C21H27N7O5/c1-4-5-10-27-18(22)17(20(29)24-21(27)30)26(11-13(2)3)12-16-23-19(25-33-16)14-6-8-15(9-7-14)28(31)32/h6-9,13H,4-5,10-12,22H2,1-3H3,(H,24,29,30). The van der Waals surface area contributed by atoms with Crippen LogP contribution in [-0.2, 0) is 13.1 Å². The summed E-state index contributed by atoms with van der Waals surface area (Å²) in [5.41, 5.74) is 5.83. The minimum Gasteiger partial charge on any atom is -0.383 e. The highest BCUT2D eigenvalue weighted by atomic mass is 16.6. The smallest absolute Gasteiger partial charge is 0.330 e. The Labute approximate surface area is 189 Å². The van der Waals surface area contributed by atoms with Crippen molar-refractivity contribution in [3.8, 4) is 11.4 Å². The Bertz CT molecular complexity index is 1230. The van der Waals surface area contributed by atoms with Gasteiger partial charge in [0.15, 0.2) is 0 Å². The Morgan fingerprint density at radius 1 is 1.27 bits per heavy atom. The van der Waals surface area contributed by atoms with E-state index in [1.54, 1.807) is 4.90 Å². The maximum atomic E-state index is 12.7. The predicted octanol–water partition coefficient (Wildman–Crippen LogP) is 2.54. The quantitative estimate of drug-likeness (QED) is 0.343. The summed E-state index contributed by atoms with van der Waals surface area (Å²) >= 11 is 0. The molecule has 176 valence electrons. The summed E-state index contributed by atoms with van der Waals surface area (Å²) in [6, 6.07) is 5.78. The molecule has 12 nitrogen and oxygen atoms in total. The summed E-state index contributed by atoms with van der Waals surface area (Å²) in [6.07, 6.45) is 1.60. The summed E-state index contributed by atoms with van der Waals surface area (Å²) in [5.74, 6) is 0.748. The van der Waals surface area contributed by atoms with Crippen LogP contribution in [0, 0.1) is 16.0 Å². The first-order valence-electron chi connectivity index (χ1n) is 10.7. The molecule has 0 radical (unpaired) electrons. The van der Waals surface area contributed by atoms with Crippen LogP contribution in [0.25, 0.3) is 11.4 Å². The van der Waals surface area contributed by atoms with E-state index in [-0.39, 0.29) is 41.4 Å². The Morgan fingerprint density at radius 2 is 1.97 bits per heavy atom. The van der Waals surface area contributed by atoms with Crippen LogP contribution in [0.1, 0.15) is 39.5 Å². The Morgan fingerprint density at radius 3 is 2.58 bits per heavy atom. The Kier molecular flexibility index (Phi) is 7.26. The number of aromatic amines is 1. The third kappa shape index (κ3) is 5.45. The van der Waals surface area contributed by atoms with Crippen LogP contribution in [0.4, 0.5) is 17.2 Å². The maximum Gasteiger partial charge on any atom is 0.330 e. The van der Waals surface area contributed by atoms with E-state index in [1.807, 2.05) is 20.8 Å². The van der Waals surface area contributed by atoms with Crippen LogP contribution < -0.4 is 21.9 Å². The minimum absolute atomic E-state index is 0.0431. The lowest BCUT2D eigenvalue weighted by Crippen LogP contribution is -2.39. The second-order valence-corrected chi connectivity index (χ2v) is 8.09. The molecule has 3 N–H and O–H groups in total. The van der Waals surface area contributed by atoms with Gasteiger partial charge in [0.1, 0.15) is 11.5 Å². The highest BCUT2D eigenvalue weighted by Crippen LogP contribution is 2.23. The number of nitrogen functional groups attached to an aromatic ring is 1. The summed E-state index contributed by atoms with van der Waals surface area (Å²) in [4.78, 5) is 43.8. The van der Waals surface area contributed by atoms with Crippen molar-refractivity contribution in [3.63, 3.8) is 0 Å². The van der Waals surface area contributed by atoms with Crippen LogP contribution in [-0.4, -0.2) is 31.2 Å². The third-order valence-corrected chi connectivity index (χ3v) is 4.98. The van der Waals surface area contributed by atoms with Crippen molar-refractivity contribution in [2.24, 2.45) is 5.92 Å². The third-order valence-electron chi connectivity index (χ3n) is 4.98. The highest BCUT2D eigenvalue weighted by molar-refractivity contribution is 5.62. The molecule has 0 saturated heterocycles. The molecule has 12 heteroatoms.